The van der Waals surface area contributed by atoms with Gasteiger partial charge in [-0.25, -0.2) is 13.4 Å². The van der Waals surface area contributed by atoms with E-state index in [-0.39, 0.29) is 5.03 Å². The standard InChI is InChI=1S/C8H11ClN2O2S/c9-14(12,13)8-6-10-7-4-2-1-3-5-11(7)8/h6H,1-5H2. The molecule has 0 aliphatic carbocycles. The third kappa shape index (κ3) is 1.79. The fourth-order valence-electron chi connectivity index (χ4n) is 1.76. The van der Waals surface area contributed by atoms with Gasteiger partial charge in [-0.05, 0) is 12.8 Å². The molecule has 1 aliphatic rings. The molecular weight excluding hydrogens is 224 g/mol. The zero-order valence-corrected chi connectivity index (χ0v) is 9.18. The summed E-state index contributed by atoms with van der Waals surface area (Å²) in [5, 5.41) is 0.135. The fourth-order valence-corrected chi connectivity index (χ4v) is 2.77. The summed E-state index contributed by atoms with van der Waals surface area (Å²) in [7, 11) is 1.66. The second-order valence-electron chi connectivity index (χ2n) is 3.41. The molecule has 1 aliphatic heterocycles. The number of aryl methyl sites for hydroxylation is 1. The van der Waals surface area contributed by atoms with E-state index in [1.807, 2.05) is 0 Å². The van der Waals surface area contributed by atoms with Crippen LogP contribution in [0.1, 0.15) is 25.1 Å². The summed E-state index contributed by atoms with van der Waals surface area (Å²) in [6, 6.07) is 0. The molecule has 78 valence electrons. The number of nitrogens with zero attached hydrogens (tertiary/aromatic N) is 2. The Bertz CT molecular complexity index is 438. The third-order valence-electron chi connectivity index (χ3n) is 2.43. The van der Waals surface area contributed by atoms with Crippen LogP contribution in [0.15, 0.2) is 11.2 Å². The smallest absolute Gasteiger partial charge is 0.278 e. The molecule has 0 atom stereocenters. The summed E-state index contributed by atoms with van der Waals surface area (Å²) in [5.41, 5.74) is 0. The molecule has 2 heterocycles. The predicted molar refractivity (Wildman–Crippen MR) is 52.8 cm³/mol. The Kier molecular flexibility index (Phi) is 2.53. The van der Waals surface area contributed by atoms with E-state index in [9.17, 15) is 8.42 Å². The van der Waals surface area contributed by atoms with E-state index in [2.05, 4.69) is 4.98 Å². The second kappa shape index (κ2) is 3.55. The normalized spacial score (nSPS) is 17.5. The van der Waals surface area contributed by atoms with Crippen molar-refractivity contribution in [2.45, 2.75) is 37.3 Å². The molecule has 14 heavy (non-hydrogen) atoms. The number of halogens is 1. The van der Waals surface area contributed by atoms with Crippen LogP contribution in [-0.4, -0.2) is 18.0 Å². The molecule has 4 nitrogen and oxygen atoms in total. The van der Waals surface area contributed by atoms with Gasteiger partial charge in [0.2, 0.25) is 0 Å². The summed E-state index contributed by atoms with van der Waals surface area (Å²) in [6.45, 7) is 0.705. The molecule has 0 N–H and O–H groups in total. The van der Waals surface area contributed by atoms with Crippen molar-refractivity contribution >= 4 is 19.7 Å². The Morgan fingerprint density at radius 3 is 2.86 bits per heavy atom. The Morgan fingerprint density at radius 2 is 2.14 bits per heavy atom. The van der Waals surface area contributed by atoms with Crippen LogP contribution in [0.5, 0.6) is 0 Å². The fraction of sp³-hybridized carbons (Fsp3) is 0.625. The highest BCUT2D eigenvalue weighted by Crippen LogP contribution is 2.21. The van der Waals surface area contributed by atoms with Gasteiger partial charge in [0.15, 0.2) is 5.03 Å². The van der Waals surface area contributed by atoms with E-state index in [4.69, 9.17) is 10.7 Å². The summed E-state index contributed by atoms with van der Waals surface area (Å²) >= 11 is 0. The van der Waals surface area contributed by atoms with E-state index in [1.54, 1.807) is 4.57 Å². The third-order valence-corrected chi connectivity index (χ3v) is 3.73. The first-order valence-corrected chi connectivity index (χ1v) is 6.89. The molecule has 0 unspecified atom stereocenters. The number of hydrogen-bond acceptors (Lipinski definition) is 3. The number of hydrogen-bond donors (Lipinski definition) is 0. The molecular formula is C8H11ClN2O2S. The maximum atomic E-state index is 11.2. The molecule has 1 aromatic heterocycles. The van der Waals surface area contributed by atoms with Crippen molar-refractivity contribution in [3.8, 4) is 0 Å². The topological polar surface area (TPSA) is 52.0 Å². The minimum Gasteiger partial charge on any atom is -0.318 e. The largest absolute Gasteiger partial charge is 0.318 e. The van der Waals surface area contributed by atoms with Crippen molar-refractivity contribution in [3.63, 3.8) is 0 Å². The van der Waals surface area contributed by atoms with Crippen LogP contribution in [0.3, 0.4) is 0 Å². The van der Waals surface area contributed by atoms with Gasteiger partial charge in [0, 0.05) is 23.6 Å². The van der Waals surface area contributed by atoms with Crippen LogP contribution in [-0.2, 0) is 22.0 Å². The monoisotopic (exact) mass is 234 g/mol. The number of aromatic nitrogens is 2. The molecule has 1 aromatic rings. The molecule has 0 radical (unpaired) electrons. The Labute approximate surface area is 87.3 Å². The molecule has 0 saturated carbocycles. The summed E-state index contributed by atoms with van der Waals surface area (Å²) in [4.78, 5) is 4.08. The van der Waals surface area contributed by atoms with E-state index >= 15 is 0 Å². The van der Waals surface area contributed by atoms with Crippen molar-refractivity contribution in [2.75, 3.05) is 0 Å². The average Bonchev–Trinajstić information content (AvgIpc) is 2.36. The lowest BCUT2D eigenvalue weighted by Crippen LogP contribution is -2.07. The average molecular weight is 235 g/mol. The van der Waals surface area contributed by atoms with Gasteiger partial charge in [0.05, 0.1) is 6.20 Å². The van der Waals surface area contributed by atoms with Crippen LogP contribution in [0, 0.1) is 0 Å². The van der Waals surface area contributed by atoms with Gasteiger partial charge >= 0.3 is 0 Å². The molecule has 0 aromatic carbocycles. The summed E-state index contributed by atoms with van der Waals surface area (Å²) in [6.07, 6.45) is 5.36. The molecule has 2 rings (SSSR count). The Morgan fingerprint density at radius 1 is 1.36 bits per heavy atom. The van der Waals surface area contributed by atoms with E-state index in [0.29, 0.717) is 6.54 Å². The molecule has 0 bridgehead atoms. The molecule has 0 amide bonds. The first-order chi connectivity index (χ1) is 6.59. The lowest BCUT2D eigenvalue weighted by molar-refractivity contribution is 0.568. The highest BCUT2D eigenvalue weighted by Gasteiger charge is 2.20. The number of fused-ring (bicyclic) bond motifs is 1. The van der Waals surface area contributed by atoms with Gasteiger partial charge in [-0.1, -0.05) is 6.42 Å². The van der Waals surface area contributed by atoms with Gasteiger partial charge in [-0.3, -0.25) is 0 Å². The maximum absolute atomic E-state index is 11.2. The van der Waals surface area contributed by atoms with Crippen LogP contribution >= 0.6 is 10.7 Å². The van der Waals surface area contributed by atoms with Gasteiger partial charge in [0.1, 0.15) is 5.82 Å². The minimum atomic E-state index is -3.64. The molecule has 6 heteroatoms. The van der Waals surface area contributed by atoms with E-state index < -0.39 is 9.05 Å². The van der Waals surface area contributed by atoms with Gasteiger partial charge in [-0.15, -0.1) is 0 Å². The minimum absolute atomic E-state index is 0.135. The van der Waals surface area contributed by atoms with Crippen molar-refractivity contribution < 1.29 is 8.42 Å². The zero-order chi connectivity index (χ0) is 10.2. The van der Waals surface area contributed by atoms with E-state index in [1.165, 1.54) is 6.20 Å². The van der Waals surface area contributed by atoms with Crippen molar-refractivity contribution in [2.24, 2.45) is 0 Å². The van der Waals surface area contributed by atoms with Crippen molar-refractivity contribution in [3.05, 3.63) is 12.0 Å². The summed E-state index contributed by atoms with van der Waals surface area (Å²) in [5.74, 6) is 0.835. The zero-order valence-electron chi connectivity index (χ0n) is 7.61. The highest BCUT2D eigenvalue weighted by atomic mass is 35.7. The van der Waals surface area contributed by atoms with Crippen molar-refractivity contribution in [1.29, 1.82) is 0 Å². The Balaban J connectivity index is 2.50. The van der Waals surface area contributed by atoms with E-state index in [0.717, 1.165) is 31.5 Å². The quantitative estimate of drug-likeness (QED) is 0.693. The first-order valence-electron chi connectivity index (χ1n) is 4.58. The lowest BCUT2D eigenvalue weighted by Gasteiger charge is -2.05. The van der Waals surface area contributed by atoms with Crippen LogP contribution in [0.25, 0.3) is 0 Å². The second-order valence-corrected chi connectivity index (χ2v) is 5.93. The Hall–Kier alpha value is -0.550. The molecule has 0 fully saturated rings. The number of imidazole rings is 1. The molecule has 0 spiro atoms. The van der Waals surface area contributed by atoms with Gasteiger partial charge in [0.25, 0.3) is 9.05 Å². The summed E-state index contributed by atoms with van der Waals surface area (Å²) < 4.78 is 24.1. The maximum Gasteiger partial charge on any atom is 0.278 e. The molecule has 0 saturated heterocycles. The van der Waals surface area contributed by atoms with Gasteiger partial charge < -0.3 is 4.57 Å². The van der Waals surface area contributed by atoms with Crippen molar-refractivity contribution in [1.82, 2.24) is 9.55 Å². The van der Waals surface area contributed by atoms with Gasteiger partial charge in [-0.2, -0.15) is 0 Å². The van der Waals surface area contributed by atoms with Crippen LogP contribution in [0.2, 0.25) is 0 Å². The van der Waals surface area contributed by atoms with Crippen LogP contribution in [0.4, 0.5) is 0 Å². The first kappa shape index (κ1) is 9.98. The predicted octanol–water partition coefficient (Wildman–Crippen LogP) is 1.54. The SMILES string of the molecule is O=S(=O)(Cl)c1cnc2n1CCCCC2. The number of rotatable bonds is 1. The lowest BCUT2D eigenvalue weighted by atomic mass is 10.2. The highest BCUT2D eigenvalue weighted by molar-refractivity contribution is 8.13. The van der Waals surface area contributed by atoms with Crippen LogP contribution < -0.4 is 0 Å².